The summed E-state index contributed by atoms with van der Waals surface area (Å²) in [7, 11) is 0. The Morgan fingerprint density at radius 1 is 1.38 bits per heavy atom. The summed E-state index contributed by atoms with van der Waals surface area (Å²) in [6.07, 6.45) is 3.08. The second-order valence-corrected chi connectivity index (χ2v) is 6.94. The van der Waals surface area contributed by atoms with E-state index in [9.17, 15) is 4.79 Å². The Morgan fingerprint density at radius 3 is 2.71 bits per heavy atom. The molecule has 0 radical (unpaired) electrons. The van der Waals surface area contributed by atoms with Gasteiger partial charge in [-0.1, -0.05) is 32.1 Å². The van der Waals surface area contributed by atoms with Crippen LogP contribution in [0.15, 0.2) is 41.8 Å². The number of anilines is 1. The van der Waals surface area contributed by atoms with Gasteiger partial charge in [-0.05, 0) is 30.4 Å². The largest absolute Gasteiger partial charge is 0.324 e. The molecule has 2 rings (SSSR count). The predicted octanol–water partition coefficient (Wildman–Crippen LogP) is 4.47. The van der Waals surface area contributed by atoms with E-state index in [1.54, 1.807) is 11.8 Å². The number of urea groups is 1. The average molecular weight is 304 g/mol. The van der Waals surface area contributed by atoms with E-state index < -0.39 is 0 Å². The first-order valence-corrected chi connectivity index (χ1v) is 8.47. The molecule has 0 aliphatic carbocycles. The first kappa shape index (κ1) is 16.0. The van der Waals surface area contributed by atoms with Gasteiger partial charge in [0.1, 0.15) is 0 Å². The van der Waals surface area contributed by atoms with Gasteiger partial charge >= 0.3 is 6.03 Å². The molecule has 1 aromatic carbocycles. The van der Waals surface area contributed by atoms with Crippen molar-refractivity contribution in [2.75, 3.05) is 24.2 Å². The number of amides is 2. The lowest BCUT2D eigenvalue weighted by Crippen LogP contribution is -2.44. The van der Waals surface area contributed by atoms with Crippen molar-refractivity contribution in [3.63, 3.8) is 0 Å². The standard InChI is InChI=1S/C17H24N2OS/c1-4-9-21-16-8-6-5-7-15(16)18-17(20)19-11-13(2)10-14(3)12-19/h4-8,13-14H,1,9-12H2,2-3H3,(H,18,20). The molecule has 0 bridgehead atoms. The van der Waals surface area contributed by atoms with Gasteiger partial charge in [-0.25, -0.2) is 4.79 Å². The summed E-state index contributed by atoms with van der Waals surface area (Å²) in [5, 5.41) is 3.06. The fourth-order valence-corrected chi connectivity index (χ4v) is 3.61. The molecule has 1 aliphatic rings. The van der Waals surface area contributed by atoms with E-state index >= 15 is 0 Å². The molecule has 2 atom stereocenters. The molecule has 1 aliphatic heterocycles. The first-order valence-electron chi connectivity index (χ1n) is 7.48. The van der Waals surface area contributed by atoms with Gasteiger partial charge < -0.3 is 10.2 Å². The van der Waals surface area contributed by atoms with Crippen LogP contribution in [0.2, 0.25) is 0 Å². The third-order valence-electron chi connectivity index (χ3n) is 3.64. The number of carbonyl (C=O) groups excluding carboxylic acids is 1. The minimum Gasteiger partial charge on any atom is -0.324 e. The third kappa shape index (κ3) is 4.53. The molecule has 2 amide bonds. The summed E-state index contributed by atoms with van der Waals surface area (Å²) in [4.78, 5) is 15.5. The van der Waals surface area contributed by atoms with Crippen LogP contribution in [0.3, 0.4) is 0 Å². The van der Waals surface area contributed by atoms with Gasteiger partial charge in [0.05, 0.1) is 5.69 Å². The molecule has 2 unspecified atom stereocenters. The molecule has 1 heterocycles. The highest BCUT2D eigenvalue weighted by molar-refractivity contribution is 7.99. The monoisotopic (exact) mass is 304 g/mol. The van der Waals surface area contributed by atoms with E-state index in [1.807, 2.05) is 35.2 Å². The van der Waals surface area contributed by atoms with E-state index in [4.69, 9.17) is 0 Å². The van der Waals surface area contributed by atoms with Crippen molar-refractivity contribution >= 4 is 23.5 Å². The van der Waals surface area contributed by atoms with Crippen LogP contribution in [0.1, 0.15) is 20.3 Å². The summed E-state index contributed by atoms with van der Waals surface area (Å²) in [5.41, 5.74) is 0.889. The second-order valence-electron chi connectivity index (χ2n) is 5.88. The maximum Gasteiger partial charge on any atom is 0.321 e. The number of nitrogens with one attached hydrogen (secondary N) is 1. The molecule has 3 nitrogen and oxygen atoms in total. The molecule has 114 valence electrons. The number of benzene rings is 1. The van der Waals surface area contributed by atoms with Crippen LogP contribution in [-0.2, 0) is 0 Å². The van der Waals surface area contributed by atoms with Crippen molar-refractivity contribution in [3.05, 3.63) is 36.9 Å². The van der Waals surface area contributed by atoms with Crippen LogP contribution in [0.25, 0.3) is 0 Å². The Kier molecular flexibility index (Phi) is 5.74. The maximum atomic E-state index is 12.5. The summed E-state index contributed by atoms with van der Waals surface area (Å²) < 4.78 is 0. The summed E-state index contributed by atoms with van der Waals surface area (Å²) in [5.74, 6) is 1.99. The van der Waals surface area contributed by atoms with Gasteiger partial charge in [0.2, 0.25) is 0 Å². The van der Waals surface area contributed by atoms with Crippen molar-refractivity contribution in [1.29, 1.82) is 0 Å². The van der Waals surface area contributed by atoms with Crippen molar-refractivity contribution in [2.24, 2.45) is 11.8 Å². The number of piperidine rings is 1. The number of para-hydroxylation sites is 1. The van der Waals surface area contributed by atoms with E-state index in [-0.39, 0.29) is 6.03 Å². The normalized spacial score (nSPS) is 21.9. The first-order chi connectivity index (χ1) is 10.1. The molecule has 0 spiro atoms. The third-order valence-corrected chi connectivity index (χ3v) is 4.71. The second kappa shape index (κ2) is 7.55. The van der Waals surface area contributed by atoms with Crippen molar-refractivity contribution in [3.8, 4) is 0 Å². The van der Waals surface area contributed by atoms with Gasteiger partial charge in [-0.3, -0.25) is 0 Å². The van der Waals surface area contributed by atoms with Crippen LogP contribution in [-0.4, -0.2) is 29.8 Å². The van der Waals surface area contributed by atoms with Gasteiger partial charge in [-0.15, -0.1) is 18.3 Å². The number of hydrogen-bond acceptors (Lipinski definition) is 2. The Morgan fingerprint density at radius 2 is 2.05 bits per heavy atom. The molecular formula is C17H24N2OS. The van der Waals surface area contributed by atoms with Gasteiger partial charge in [0, 0.05) is 23.7 Å². The number of rotatable bonds is 4. The smallest absolute Gasteiger partial charge is 0.321 e. The Labute approximate surface area is 131 Å². The van der Waals surface area contributed by atoms with Crippen molar-refractivity contribution in [2.45, 2.75) is 25.2 Å². The molecule has 1 aromatic rings. The lowest BCUT2D eigenvalue weighted by atomic mass is 9.92. The van der Waals surface area contributed by atoms with Crippen LogP contribution in [0, 0.1) is 11.8 Å². The highest BCUT2D eigenvalue weighted by atomic mass is 32.2. The number of carbonyl (C=O) groups is 1. The average Bonchev–Trinajstić information content (AvgIpc) is 2.45. The zero-order chi connectivity index (χ0) is 15.2. The fraction of sp³-hybridized carbons (Fsp3) is 0.471. The topological polar surface area (TPSA) is 32.3 Å². The Balaban J connectivity index is 2.03. The number of hydrogen-bond donors (Lipinski definition) is 1. The van der Waals surface area contributed by atoms with Gasteiger partial charge in [0.15, 0.2) is 0 Å². The Bertz CT molecular complexity index is 493. The minimum atomic E-state index is 0.0139. The van der Waals surface area contributed by atoms with E-state index in [0.29, 0.717) is 11.8 Å². The minimum absolute atomic E-state index is 0.0139. The van der Waals surface area contributed by atoms with Crippen LogP contribution >= 0.6 is 11.8 Å². The van der Waals surface area contributed by atoms with Crippen LogP contribution in [0.5, 0.6) is 0 Å². The summed E-state index contributed by atoms with van der Waals surface area (Å²) in [6, 6.07) is 7.95. The zero-order valence-corrected chi connectivity index (χ0v) is 13.7. The van der Waals surface area contributed by atoms with Gasteiger partial charge in [-0.2, -0.15) is 0 Å². The van der Waals surface area contributed by atoms with Crippen molar-refractivity contribution < 1.29 is 4.79 Å². The highest BCUT2D eigenvalue weighted by Crippen LogP contribution is 2.28. The fourth-order valence-electron chi connectivity index (χ4n) is 2.87. The molecule has 1 fully saturated rings. The van der Waals surface area contributed by atoms with Gasteiger partial charge in [0.25, 0.3) is 0 Å². The molecule has 0 aromatic heterocycles. The number of likely N-dealkylation sites (tertiary alicyclic amines) is 1. The summed E-state index contributed by atoms with van der Waals surface area (Å²) in [6.45, 7) is 9.86. The molecular weight excluding hydrogens is 280 g/mol. The lowest BCUT2D eigenvalue weighted by molar-refractivity contribution is 0.156. The van der Waals surface area contributed by atoms with E-state index in [1.165, 1.54) is 6.42 Å². The molecule has 1 N–H and O–H groups in total. The SMILES string of the molecule is C=CCSc1ccccc1NC(=O)N1CC(C)CC(C)C1. The molecule has 21 heavy (non-hydrogen) atoms. The predicted molar refractivity (Wildman–Crippen MR) is 90.9 cm³/mol. The number of thioether (sulfide) groups is 1. The Hall–Kier alpha value is -1.42. The molecule has 4 heteroatoms. The van der Waals surface area contributed by atoms with E-state index in [2.05, 4.69) is 25.7 Å². The molecule has 1 saturated heterocycles. The highest BCUT2D eigenvalue weighted by Gasteiger charge is 2.25. The molecule has 0 saturated carbocycles. The maximum absolute atomic E-state index is 12.5. The zero-order valence-electron chi connectivity index (χ0n) is 12.8. The lowest BCUT2D eigenvalue weighted by Gasteiger charge is -2.35. The quantitative estimate of drug-likeness (QED) is 0.657. The van der Waals surface area contributed by atoms with Crippen LogP contribution in [0.4, 0.5) is 10.5 Å². The van der Waals surface area contributed by atoms with Crippen molar-refractivity contribution in [1.82, 2.24) is 4.90 Å². The van der Waals surface area contributed by atoms with Crippen LogP contribution < -0.4 is 5.32 Å². The number of nitrogens with zero attached hydrogens (tertiary/aromatic N) is 1. The summed E-state index contributed by atoms with van der Waals surface area (Å²) >= 11 is 1.69. The van der Waals surface area contributed by atoms with E-state index in [0.717, 1.165) is 29.4 Å².